The molecule has 2 aliphatic rings. The second kappa shape index (κ2) is 6.85. The maximum absolute atomic E-state index is 13.3. The van der Waals surface area contributed by atoms with E-state index >= 15 is 0 Å². The predicted molar refractivity (Wildman–Crippen MR) is 96.0 cm³/mol. The van der Waals surface area contributed by atoms with Gasteiger partial charge < -0.3 is 15.2 Å². The standard InChI is InChI=1S/C19H20ClNO5/c1-10(11(2)22)21-18(25)15-16(23)13-9-12(20)3-4-14(13)19(17(15)24)5-7-26-8-6-19/h3-4,9-10,23H,5-8H2,1-2H3,(H,21,25)/t10-/m0/s1. The fourth-order valence-electron chi connectivity index (χ4n) is 3.53. The number of aliphatic hydroxyl groups excluding tert-OH is 1. The second-order valence-electron chi connectivity index (χ2n) is 6.74. The number of nitrogens with one attached hydrogen (secondary N) is 1. The van der Waals surface area contributed by atoms with Crippen molar-refractivity contribution in [1.29, 1.82) is 0 Å². The molecule has 1 fully saturated rings. The number of ether oxygens (including phenoxy) is 1. The van der Waals surface area contributed by atoms with Gasteiger partial charge in [0.2, 0.25) is 0 Å². The molecule has 1 aromatic rings. The third-order valence-corrected chi connectivity index (χ3v) is 5.42. The van der Waals surface area contributed by atoms with Gasteiger partial charge in [0.25, 0.3) is 5.91 Å². The Balaban J connectivity index is 2.14. The van der Waals surface area contributed by atoms with Crippen LogP contribution in [0, 0.1) is 0 Å². The lowest BCUT2D eigenvalue weighted by molar-refractivity contribution is -0.130. The minimum absolute atomic E-state index is 0.245. The van der Waals surface area contributed by atoms with Crippen molar-refractivity contribution >= 4 is 34.8 Å². The summed E-state index contributed by atoms with van der Waals surface area (Å²) >= 11 is 6.07. The molecule has 0 radical (unpaired) electrons. The van der Waals surface area contributed by atoms with Gasteiger partial charge >= 0.3 is 0 Å². The van der Waals surface area contributed by atoms with Crippen LogP contribution in [-0.2, 0) is 24.5 Å². The van der Waals surface area contributed by atoms with Gasteiger partial charge in [0.15, 0.2) is 11.6 Å². The summed E-state index contributed by atoms with van der Waals surface area (Å²) in [5.74, 6) is -1.85. The Labute approximate surface area is 156 Å². The average molecular weight is 378 g/mol. The van der Waals surface area contributed by atoms with E-state index in [4.69, 9.17) is 16.3 Å². The van der Waals surface area contributed by atoms with Crippen LogP contribution in [0.2, 0.25) is 5.02 Å². The fourth-order valence-corrected chi connectivity index (χ4v) is 3.70. The molecular weight excluding hydrogens is 358 g/mol. The number of carbonyl (C=O) groups is 3. The van der Waals surface area contributed by atoms with E-state index in [0.29, 0.717) is 42.2 Å². The number of aliphatic hydroxyl groups is 1. The zero-order valence-electron chi connectivity index (χ0n) is 14.6. The van der Waals surface area contributed by atoms with Crippen molar-refractivity contribution in [2.24, 2.45) is 0 Å². The van der Waals surface area contributed by atoms with Crippen molar-refractivity contribution in [2.75, 3.05) is 13.2 Å². The first kappa shape index (κ1) is 18.6. The zero-order valence-corrected chi connectivity index (χ0v) is 15.4. The van der Waals surface area contributed by atoms with Crippen molar-refractivity contribution in [1.82, 2.24) is 5.32 Å². The monoisotopic (exact) mass is 377 g/mol. The lowest BCUT2D eigenvalue weighted by Crippen LogP contribution is -2.49. The van der Waals surface area contributed by atoms with Gasteiger partial charge in [0.1, 0.15) is 11.3 Å². The molecule has 0 aromatic heterocycles. The van der Waals surface area contributed by atoms with Gasteiger partial charge in [-0.1, -0.05) is 17.7 Å². The SMILES string of the molecule is CC(=O)[C@H](C)NC(=O)C1=C(O)c2cc(Cl)ccc2C2(CCOCC2)C1=O. The van der Waals surface area contributed by atoms with Crippen LogP contribution in [0.4, 0.5) is 0 Å². The zero-order chi connectivity index (χ0) is 19.1. The molecule has 1 aromatic carbocycles. The maximum Gasteiger partial charge on any atom is 0.259 e. The largest absolute Gasteiger partial charge is 0.506 e. The minimum Gasteiger partial charge on any atom is -0.506 e. The first-order valence-electron chi connectivity index (χ1n) is 8.45. The highest BCUT2D eigenvalue weighted by Crippen LogP contribution is 2.46. The minimum atomic E-state index is -0.934. The normalized spacial score (nSPS) is 19.9. The Kier molecular flexibility index (Phi) is 4.90. The molecule has 1 saturated heterocycles. The molecular formula is C19H20ClNO5. The lowest BCUT2D eigenvalue weighted by Gasteiger charge is -2.40. The van der Waals surface area contributed by atoms with Crippen molar-refractivity contribution in [3.63, 3.8) is 0 Å². The van der Waals surface area contributed by atoms with Gasteiger partial charge in [-0.2, -0.15) is 0 Å². The Morgan fingerprint density at radius 2 is 1.96 bits per heavy atom. The number of rotatable bonds is 3. The van der Waals surface area contributed by atoms with E-state index in [-0.39, 0.29) is 11.4 Å². The van der Waals surface area contributed by atoms with E-state index in [9.17, 15) is 19.5 Å². The van der Waals surface area contributed by atoms with Gasteiger partial charge in [-0.05, 0) is 44.4 Å². The molecule has 3 rings (SSSR count). The van der Waals surface area contributed by atoms with Crippen LogP contribution < -0.4 is 5.32 Å². The van der Waals surface area contributed by atoms with Gasteiger partial charge in [0.05, 0.1) is 11.5 Å². The molecule has 138 valence electrons. The van der Waals surface area contributed by atoms with Crippen LogP contribution in [0.25, 0.3) is 5.76 Å². The summed E-state index contributed by atoms with van der Waals surface area (Å²) in [6.07, 6.45) is 0.819. The van der Waals surface area contributed by atoms with Gasteiger partial charge in [0, 0.05) is 23.8 Å². The summed E-state index contributed by atoms with van der Waals surface area (Å²) in [6.45, 7) is 3.64. The van der Waals surface area contributed by atoms with Crippen LogP contribution >= 0.6 is 11.6 Å². The summed E-state index contributed by atoms with van der Waals surface area (Å²) < 4.78 is 5.40. The number of benzene rings is 1. The highest BCUT2D eigenvalue weighted by Gasteiger charge is 2.50. The van der Waals surface area contributed by atoms with Crippen LogP contribution in [0.15, 0.2) is 23.8 Å². The number of Topliss-reactive ketones (excluding diaryl/α,β-unsaturated/α-hetero) is 2. The molecule has 2 N–H and O–H groups in total. The first-order valence-corrected chi connectivity index (χ1v) is 8.83. The third-order valence-electron chi connectivity index (χ3n) is 5.18. The summed E-state index contributed by atoms with van der Waals surface area (Å²) in [6, 6.07) is 4.18. The van der Waals surface area contributed by atoms with Gasteiger partial charge in [-0.3, -0.25) is 14.4 Å². The maximum atomic E-state index is 13.3. The van der Waals surface area contributed by atoms with E-state index in [2.05, 4.69) is 5.32 Å². The molecule has 26 heavy (non-hydrogen) atoms. The number of carbonyl (C=O) groups excluding carboxylic acids is 3. The molecule has 7 heteroatoms. The van der Waals surface area contributed by atoms with Crippen molar-refractivity contribution < 1.29 is 24.2 Å². The molecule has 1 spiro atoms. The molecule has 0 bridgehead atoms. The molecule has 1 aliphatic carbocycles. The first-order chi connectivity index (χ1) is 12.3. The molecule has 1 aliphatic heterocycles. The Morgan fingerprint density at radius 3 is 2.58 bits per heavy atom. The molecule has 0 unspecified atom stereocenters. The Bertz CT molecular complexity index is 823. The molecule has 6 nitrogen and oxygen atoms in total. The number of fused-ring (bicyclic) bond motifs is 2. The van der Waals surface area contributed by atoms with E-state index in [1.54, 1.807) is 18.2 Å². The van der Waals surface area contributed by atoms with E-state index in [1.807, 2.05) is 0 Å². The summed E-state index contributed by atoms with van der Waals surface area (Å²) in [4.78, 5) is 37.4. The lowest BCUT2D eigenvalue weighted by atomic mass is 9.64. The quantitative estimate of drug-likeness (QED) is 0.789. The van der Waals surface area contributed by atoms with Gasteiger partial charge in [-0.25, -0.2) is 0 Å². The van der Waals surface area contributed by atoms with E-state index in [0.717, 1.165) is 0 Å². The number of halogens is 1. The number of ketones is 2. The highest BCUT2D eigenvalue weighted by atomic mass is 35.5. The highest BCUT2D eigenvalue weighted by molar-refractivity contribution is 6.32. The summed E-state index contributed by atoms with van der Waals surface area (Å²) in [5, 5.41) is 13.6. The van der Waals surface area contributed by atoms with Crippen LogP contribution in [0.5, 0.6) is 0 Å². The van der Waals surface area contributed by atoms with Gasteiger partial charge in [-0.15, -0.1) is 0 Å². The molecule has 1 atom stereocenters. The number of hydrogen-bond acceptors (Lipinski definition) is 5. The Hall–Kier alpha value is -2.18. The Morgan fingerprint density at radius 1 is 1.31 bits per heavy atom. The van der Waals surface area contributed by atoms with Crippen molar-refractivity contribution in [3.8, 4) is 0 Å². The average Bonchev–Trinajstić information content (AvgIpc) is 2.61. The van der Waals surface area contributed by atoms with Crippen LogP contribution in [-0.4, -0.2) is 41.8 Å². The second-order valence-corrected chi connectivity index (χ2v) is 7.18. The smallest absolute Gasteiger partial charge is 0.259 e. The summed E-state index contributed by atoms with van der Waals surface area (Å²) in [7, 11) is 0. The van der Waals surface area contributed by atoms with Crippen LogP contribution in [0.3, 0.4) is 0 Å². The van der Waals surface area contributed by atoms with Crippen molar-refractivity contribution in [3.05, 3.63) is 39.9 Å². The van der Waals surface area contributed by atoms with E-state index in [1.165, 1.54) is 13.8 Å². The van der Waals surface area contributed by atoms with Crippen LogP contribution in [0.1, 0.15) is 37.8 Å². The van der Waals surface area contributed by atoms with Crippen molar-refractivity contribution in [2.45, 2.75) is 38.1 Å². The molecule has 1 heterocycles. The number of amides is 1. The molecule has 1 amide bonds. The molecule has 0 saturated carbocycles. The predicted octanol–water partition coefficient (Wildman–Crippen LogP) is 2.33. The fraction of sp³-hybridized carbons (Fsp3) is 0.421. The van der Waals surface area contributed by atoms with E-state index < -0.39 is 28.9 Å². The topological polar surface area (TPSA) is 92.7 Å². The number of hydrogen-bond donors (Lipinski definition) is 2. The summed E-state index contributed by atoms with van der Waals surface area (Å²) in [5.41, 5.74) is -0.227. The third kappa shape index (κ3) is 2.93.